The summed E-state index contributed by atoms with van der Waals surface area (Å²) in [5, 5.41) is 23.5. The molecule has 16 heteroatoms. The van der Waals surface area contributed by atoms with Crippen LogP contribution in [0.4, 0.5) is 5.13 Å². The Bertz CT molecular complexity index is 1650. The zero-order valence-corrected chi connectivity index (χ0v) is 25.8. The van der Waals surface area contributed by atoms with E-state index < -0.39 is 10.0 Å². The molecule has 2 amide bonds. The molecule has 12 nitrogen and oxygen atoms in total. The molecule has 2 aromatic carbocycles. The Morgan fingerprint density at radius 3 is 2.37 bits per heavy atom. The number of amides is 2. The molecule has 41 heavy (non-hydrogen) atoms. The third-order valence-electron chi connectivity index (χ3n) is 6.12. The predicted molar refractivity (Wildman–Crippen MR) is 159 cm³/mol. The van der Waals surface area contributed by atoms with Gasteiger partial charge < -0.3 is 5.32 Å². The molecule has 5 rings (SSSR count). The molecular formula is C25H25BrN8O4S3. The highest BCUT2D eigenvalue weighted by atomic mass is 79.9. The number of halogens is 1. The lowest BCUT2D eigenvalue weighted by atomic mass is 10.2. The highest BCUT2D eigenvalue weighted by Crippen LogP contribution is 2.25. The second-order valence-corrected chi connectivity index (χ2v) is 14.0. The molecule has 0 atom stereocenters. The van der Waals surface area contributed by atoms with Crippen molar-refractivity contribution in [2.24, 2.45) is 0 Å². The normalized spacial score (nSPS) is 13.8. The lowest BCUT2D eigenvalue weighted by molar-refractivity contribution is -0.113. The van der Waals surface area contributed by atoms with Crippen molar-refractivity contribution >= 4 is 66.0 Å². The lowest BCUT2D eigenvalue weighted by Crippen LogP contribution is -2.28. The van der Waals surface area contributed by atoms with Gasteiger partial charge in [-0.2, -0.15) is 4.31 Å². The second-order valence-electron chi connectivity index (χ2n) is 8.99. The van der Waals surface area contributed by atoms with Crippen molar-refractivity contribution < 1.29 is 18.0 Å². The summed E-state index contributed by atoms with van der Waals surface area (Å²) in [7, 11) is -3.56. The van der Waals surface area contributed by atoms with E-state index in [4.69, 9.17) is 0 Å². The number of benzene rings is 2. The minimum Gasteiger partial charge on any atom is -0.345 e. The van der Waals surface area contributed by atoms with Gasteiger partial charge in [0.2, 0.25) is 21.1 Å². The third-order valence-corrected chi connectivity index (χ3v) is 10.2. The predicted octanol–water partition coefficient (Wildman–Crippen LogP) is 3.64. The molecule has 1 fully saturated rings. The van der Waals surface area contributed by atoms with Crippen LogP contribution >= 0.6 is 39.0 Å². The van der Waals surface area contributed by atoms with E-state index in [1.165, 1.54) is 51.7 Å². The topological polar surface area (TPSA) is 152 Å². The van der Waals surface area contributed by atoms with E-state index in [0.29, 0.717) is 34.8 Å². The smallest absolute Gasteiger partial charge is 0.251 e. The quantitative estimate of drug-likeness (QED) is 0.240. The number of anilines is 1. The van der Waals surface area contributed by atoms with Crippen LogP contribution in [-0.4, -0.2) is 68.3 Å². The van der Waals surface area contributed by atoms with E-state index in [2.05, 4.69) is 47.0 Å². The summed E-state index contributed by atoms with van der Waals surface area (Å²) in [6.45, 7) is 2.87. The number of nitrogens with zero attached hydrogens (tertiary/aromatic N) is 6. The number of aryl methyl sites for hydroxylation is 1. The molecule has 1 aliphatic rings. The van der Waals surface area contributed by atoms with Crippen molar-refractivity contribution in [1.82, 2.24) is 34.6 Å². The fourth-order valence-electron chi connectivity index (χ4n) is 4.11. The van der Waals surface area contributed by atoms with Gasteiger partial charge in [-0.15, -0.1) is 20.4 Å². The first kappa shape index (κ1) is 29.3. The van der Waals surface area contributed by atoms with Crippen LogP contribution < -0.4 is 10.6 Å². The van der Waals surface area contributed by atoms with Crippen LogP contribution in [0.2, 0.25) is 0 Å². The number of sulfonamides is 1. The summed E-state index contributed by atoms with van der Waals surface area (Å²) in [6.07, 6.45) is 1.70. The number of carbonyl (C=O) groups excluding carboxylic acids is 2. The van der Waals surface area contributed by atoms with Crippen LogP contribution in [0, 0.1) is 6.92 Å². The van der Waals surface area contributed by atoms with Crippen LogP contribution in [0.5, 0.6) is 0 Å². The molecule has 2 N–H and O–H groups in total. The molecule has 0 saturated carbocycles. The molecule has 214 valence electrons. The number of hydrogen-bond donors (Lipinski definition) is 2. The Morgan fingerprint density at radius 2 is 1.71 bits per heavy atom. The number of nitrogens with one attached hydrogen (secondary N) is 2. The van der Waals surface area contributed by atoms with Crippen molar-refractivity contribution in [3.63, 3.8) is 0 Å². The zero-order valence-electron chi connectivity index (χ0n) is 21.8. The van der Waals surface area contributed by atoms with Gasteiger partial charge in [-0.05, 0) is 68.3 Å². The maximum Gasteiger partial charge on any atom is 0.251 e. The molecule has 2 aromatic heterocycles. The van der Waals surface area contributed by atoms with E-state index in [-0.39, 0.29) is 29.0 Å². The first-order chi connectivity index (χ1) is 19.7. The van der Waals surface area contributed by atoms with Crippen molar-refractivity contribution in [2.75, 3.05) is 24.2 Å². The van der Waals surface area contributed by atoms with Crippen LogP contribution in [0.15, 0.2) is 63.1 Å². The SMILES string of the molecule is Cc1nnc(NC(=O)CSc2nnc(CNC(=O)c3ccc(S(=O)(=O)N4CCCC4)cc3)n2-c2ccc(Br)cc2)s1. The highest BCUT2D eigenvalue weighted by Gasteiger charge is 2.27. The molecule has 0 radical (unpaired) electrons. The second kappa shape index (κ2) is 12.8. The lowest BCUT2D eigenvalue weighted by Gasteiger charge is -2.15. The van der Waals surface area contributed by atoms with Gasteiger partial charge in [-0.25, -0.2) is 8.42 Å². The summed E-state index contributed by atoms with van der Waals surface area (Å²) in [5.74, 6) is -0.133. The minimum atomic E-state index is -3.56. The number of aromatic nitrogens is 5. The maximum atomic E-state index is 12.9. The van der Waals surface area contributed by atoms with Crippen LogP contribution in [0.3, 0.4) is 0 Å². The summed E-state index contributed by atoms with van der Waals surface area (Å²) < 4.78 is 29.7. The van der Waals surface area contributed by atoms with E-state index >= 15 is 0 Å². The molecule has 3 heterocycles. The molecule has 0 unspecified atom stereocenters. The molecule has 0 bridgehead atoms. The molecule has 1 saturated heterocycles. The summed E-state index contributed by atoms with van der Waals surface area (Å²) in [4.78, 5) is 25.6. The van der Waals surface area contributed by atoms with Crippen LogP contribution in [0.1, 0.15) is 34.0 Å². The standard InChI is InChI=1S/C25H25BrN8O4S3/c1-16-29-31-24(40-16)28-22(35)15-39-25-32-30-21(34(25)19-8-6-18(26)7-9-19)14-27-23(36)17-4-10-20(11-5-17)41(37,38)33-12-2-3-13-33/h4-11H,2-3,12-15H2,1H3,(H,27,36)(H,28,31,35). The fourth-order valence-corrected chi connectivity index (χ4v) is 7.27. The average molecular weight is 678 g/mol. The molecular weight excluding hydrogens is 652 g/mol. The zero-order chi connectivity index (χ0) is 29.0. The van der Waals surface area contributed by atoms with Crippen molar-refractivity contribution in [3.8, 4) is 5.69 Å². The molecule has 1 aliphatic heterocycles. The largest absolute Gasteiger partial charge is 0.345 e. The summed E-state index contributed by atoms with van der Waals surface area (Å²) in [5.41, 5.74) is 1.07. The van der Waals surface area contributed by atoms with Crippen molar-refractivity contribution in [3.05, 3.63) is 69.4 Å². The van der Waals surface area contributed by atoms with Crippen LogP contribution in [-0.2, 0) is 21.4 Å². The van der Waals surface area contributed by atoms with E-state index in [0.717, 1.165) is 28.0 Å². The van der Waals surface area contributed by atoms with Gasteiger partial charge in [-0.1, -0.05) is 39.0 Å². The van der Waals surface area contributed by atoms with Crippen molar-refractivity contribution in [2.45, 2.75) is 36.4 Å². The van der Waals surface area contributed by atoms with Gasteiger partial charge in [0.05, 0.1) is 17.2 Å². The molecule has 0 aliphatic carbocycles. The van der Waals surface area contributed by atoms with E-state index in [1.54, 1.807) is 11.5 Å². The monoisotopic (exact) mass is 676 g/mol. The van der Waals surface area contributed by atoms with Gasteiger partial charge in [0.25, 0.3) is 5.91 Å². The minimum absolute atomic E-state index is 0.0482. The number of carbonyl (C=O) groups is 2. The number of rotatable bonds is 10. The maximum absolute atomic E-state index is 12.9. The molecule has 4 aromatic rings. The Morgan fingerprint density at radius 1 is 1.00 bits per heavy atom. The molecule has 0 spiro atoms. The first-order valence-electron chi connectivity index (χ1n) is 12.5. The number of thioether (sulfide) groups is 1. The van der Waals surface area contributed by atoms with Crippen molar-refractivity contribution in [1.29, 1.82) is 0 Å². The highest BCUT2D eigenvalue weighted by molar-refractivity contribution is 9.10. The summed E-state index contributed by atoms with van der Waals surface area (Å²) >= 11 is 5.91. The Kier molecular flexibility index (Phi) is 9.13. The number of hydrogen-bond acceptors (Lipinski definition) is 10. The van der Waals surface area contributed by atoms with Gasteiger partial charge in [-0.3, -0.25) is 19.5 Å². The van der Waals surface area contributed by atoms with Gasteiger partial charge in [0.15, 0.2) is 11.0 Å². The Balaban J connectivity index is 1.28. The third kappa shape index (κ3) is 7.01. The van der Waals surface area contributed by atoms with Gasteiger partial charge >= 0.3 is 0 Å². The first-order valence-corrected chi connectivity index (χ1v) is 16.6. The van der Waals surface area contributed by atoms with E-state index in [9.17, 15) is 18.0 Å². The fraction of sp³-hybridized carbons (Fsp3) is 0.280. The summed E-state index contributed by atoms with van der Waals surface area (Å²) in [6, 6.07) is 13.4. The Labute approximate surface area is 253 Å². The van der Waals surface area contributed by atoms with Crippen LogP contribution in [0.25, 0.3) is 5.69 Å². The van der Waals surface area contributed by atoms with E-state index in [1.807, 2.05) is 24.3 Å². The average Bonchev–Trinajstić information content (AvgIpc) is 3.73. The Hall–Kier alpha value is -3.18. The van der Waals surface area contributed by atoms with Gasteiger partial charge in [0, 0.05) is 28.8 Å². The van der Waals surface area contributed by atoms with Gasteiger partial charge in [0.1, 0.15) is 5.01 Å².